The van der Waals surface area contributed by atoms with Gasteiger partial charge in [-0.25, -0.2) is 13.4 Å². The van der Waals surface area contributed by atoms with Crippen molar-refractivity contribution in [3.8, 4) is 0 Å². The lowest BCUT2D eigenvalue weighted by molar-refractivity contribution is 0.253. The van der Waals surface area contributed by atoms with Gasteiger partial charge in [0.25, 0.3) is 0 Å². The van der Waals surface area contributed by atoms with Crippen LogP contribution >= 0.6 is 0 Å². The third-order valence-corrected chi connectivity index (χ3v) is 4.34. The van der Waals surface area contributed by atoms with Crippen LogP contribution in [-0.2, 0) is 10.0 Å². The van der Waals surface area contributed by atoms with E-state index in [0.29, 0.717) is 18.8 Å². The molecule has 0 amide bonds. The van der Waals surface area contributed by atoms with Crippen LogP contribution in [0.25, 0.3) is 0 Å². The van der Waals surface area contributed by atoms with Crippen molar-refractivity contribution in [2.45, 2.75) is 18.2 Å². The molecule has 18 heavy (non-hydrogen) atoms. The molecule has 0 radical (unpaired) electrons. The molecule has 1 aromatic heterocycles. The Hall–Kier alpha value is -1.18. The summed E-state index contributed by atoms with van der Waals surface area (Å²) in [5.74, 6) is 0.497. The van der Waals surface area contributed by atoms with Crippen LogP contribution in [0.5, 0.6) is 0 Å². The van der Waals surface area contributed by atoms with Crippen LogP contribution < -0.4 is 5.32 Å². The molecule has 6 nitrogen and oxygen atoms in total. The molecule has 0 aliphatic carbocycles. The summed E-state index contributed by atoms with van der Waals surface area (Å²) in [4.78, 5) is 4.16. The molecule has 0 fully saturated rings. The predicted octanol–water partition coefficient (Wildman–Crippen LogP) is 0.516. The summed E-state index contributed by atoms with van der Waals surface area (Å²) in [6.45, 7) is 2.20. The Morgan fingerprint density at radius 1 is 1.44 bits per heavy atom. The zero-order valence-electron chi connectivity index (χ0n) is 10.6. The van der Waals surface area contributed by atoms with E-state index in [1.807, 2.05) is 6.92 Å². The molecule has 0 atom stereocenters. The van der Waals surface area contributed by atoms with Crippen molar-refractivity contribution < 1.29 is 13.5 Å². The van der Waals surface area contributed by atoms with Gasteiger partial charge in [-0.1, -0.05) is 6.92 Å². The molecule has 7 heteroatoms. The van der Waals surface area contributed by atoms with Crippen LogP contribution in [0.1, 0.15) is 13.3 Å². The second-order valence-electron chi connectivity index (χ2n) is 3.75. The fourth-order valence-corrected chi connectivity index (χ4v) is 3.11. The molecule has 1 rings (SSSR count). The topological polar surface area (TPSA) is 82.5 Å². The average Bonchev–Trinajstić information content (AvgIpc) is 2.38. The van der Waals surface area contributed by atoms with Gasteiger partial charge < -0.3 is 10.4 Å². The quantitative estimate of drug-likeness (QED) is 0.756. The molecule has 0 aliphatic rings. The van der Waals surface area contributed by atoms with Gasteiger partial charge >= 0.3 is 0 Å². The number of hydrogen-bond acceptors (Lipinski definition) is 5. The number of nitrogens with zero attached hydrogens (tertiary/aromatic N) is 2. The Bertz CT molecular complexity index is 470. The number of aromatic nitrogens is 1. The Morgan fingerprint density at radius 2 is 2.17 bits per heavy atom. The van der Waals surface area contributed by atoms with Crippen molar-refractivity contribution >= 4 is 15.8 Å². The number of sulfonamides is 1. The van der Waals surface area contributed by atoms with Crippen molar-refractivity contribution in [1.82, 2.24) is 9.29 Å². The van der Waals surface area contributed by atoms with Crippen molar-refractivity contribution in [2.75, 3.05) is 32.1 Å². The molecule has 2 N–H and O–H groups in total. The van der Waals surface area contributed by atoms with E-state index in [9.17, 15) is 8.42 Å². The highest BCUT2D eigenvalue weighted by molar-refractivity contribution is 7.89. The van der Waals surface area contributed by atoms with E-state index in [0.717, 1.165) is 0 Å². The number of aliphatic hydroxyl groups is 1. The number of pyridine rings is 1. The summed E-state index contributed by atoms with van der Waals surface area (Å²) < 4.78 is 26.0. The molecular formula is C11H19N3O3S. The van der Waals surface area contributed by atoms with E-state index < -0.39 is 10.0 Å². The van der Waals surface area contributed by atoms with Gasteiger partial charge in [0.15, 0.2) is 0 Å². The molecule has 0 aliphatic heterocycles. The fourth-order valence-electron chi connectivity index (χ4n) is 1.57. The fraction of sp³-hybridized carbons (Fsp3) is 0.545. The van der Waals surface area contributed by atoms with E-state index in [1.54, 1.807) is 7.05 Å². The molecule has 0 aromatic carbocycles. The normalized spacial score (nSPS) is 11.8. The Morgan fingerprint density at radius 3 is 2.72 bits per heavy atom. The van der Waals surface area contributed by atoms with Crippen molar-refractivity contribution in [3.05, 3.63) is 18.3 Å². The van der Waals surface area contributed by atoms with Gasteiger partial charge in [0, 0.05) is 32.4 Å². The molecule has 1 heterocycles. The maximum atomic E-state index is 12.3. The summed E-state index contributed by atoms with van der Waals surface area (Å²) in [5.41, 5.74) is 0. The van der Waals surface area contributed by atoms with Crippen molar-refractivity contribution in [1.29, 1.82) is 0 Å². The van der Waals surface area contributed by atoms with Crippen molar-refractivity contribution in [3.63, 3.8) is 0 Å². The zero-order chi connectivity index (χ0) is 13.6. The zero-order valence-corrected chi connectivity index (χ0v) is 11.4. The standard InChI is InChI=1S/C11H19N3O3S/c1-3-6-14(7-8-15)18(16,17)10-4-5-13-11(9-10)12-2/h4-5,9,15H,3,6-8H2,1-2H3,(H,12,13). The maximum Gasteiger partial charge on any atom is 0.243 e. The minimum Gasteiger partial charge on any atom is -0.395 e. The predicted molar refractivity (Wildman–Crippen MR) is 69.9 cm³/mol. The molecular weight excluding hydrogens is 254 g/mol. The van der Waals surface area contributed by atoms with Gasteiger partial charge in [0.2, 0.25) is 10.0 Å². The second-order valence-corrected chi connectivity index (χ2v) is 5.69. The number of aliphatic hydroxyl groups excluding tert-OH is 1. The van der Waals surface area contributed by atoms with Gasteiger partial charge in [0.1, 0.15) is 5.82 Å². The molecule has 102 valence electrons. The third-order valence-electron chi connectivity index (χ3n) is 2.45. The first kappa shape index (κ1) is 14.9. The minimum atomic E-state index is -3.56. The summed E-state index contributed by atoms with van der Waals surface area (Å²) in [6.07, 6.45) is 2.14. The third kappa shape index (κ3) is 3.41. The summed E-state index contributed by atoms with van der Waals surface area (Å²) in [6, 6.07) is 2.94. The molecule has 0 saturated heterocycles. The lowest BCUT2D eigenvalue weighted by Crippen LogP contribution is -2.34. The largest absolute Gasteiger partial charge is 0.395 e. The first-order valence-electron chi connectivity index (χ1n) is 5.81. The summed E-state index contributed by atoms with van der Waals surface area (Å²) >= 11 is 0. The highest BCUT2D eigenvalue weighted by Gasteiger charge is 2.23. The summed E-state index contributed by atoms with van der Waals surface area (Å²) in [5, 5.41) is 11.7. The van der Waals surface area contributed by atoms with E-state index >= 15 is 0 Å². The molecule has 0 spiro atoms. The van der Waals surface area contributed by atoms with Crippen LogP contribution in [0, 0.1) is 0 Å². The van der Waals surface area contributed by atoms with Gasteiger partial charge in [-0.3, -0.25) is 0 Å². The van der Waals surface area contributed by atoms with Crippen LogP contribution in [0.3, 0.4) is 0 Å². The van der Waals surface area contributed by atoms with E-state index in [-0.39, 0.29) is 18.0 Å². The highest BCUT2D eigenvalue weighted by Crippen LogP contribution is 2.17. The Balaban J connectivity index is 3.08. The van der Waals surface area contributed by atoms with E-state index in [2.05, 4.69) is 10.3 Å². The van der Waals surface area contributed by atoms with Crippen molar-refractivity contribution in [2.24, 2.45) is 0 Å². The molecule has 0 saturated carbocycles. The number of nitrogens with one attached hydrogen (secondary N) is 1. The van der Waals surface area contributed by atoms with Gasteiger partial charge in [-0.2, -0.15) is 4.31 Å². The number of anilines is 1. The monoisotopic (exact) mass is 273 g/mol. The minimum absolute atomic E-state index is 0.105. The first-order valence-corrected chi connectivity index (χ1v) is 7.25. The Kier molecular flexibility index (Phi) is 5.52. The van der Waals surface area contributed by atoms with Crippen LogP contribution in [0.2, 0.25) is 0 Å². The SMILES string of the molecule is CCCN(CCO)S(=O)(=O)c1ccnc(NC)c1. The van der Waals surface area contributed by atoms with Crippen LogP contribution in [0.4, 0.5) is 5.82 Å². The molecule has 1 aromatic rings. The second kappa shape index (κ2) is 6.67. The lowest BCUT2D eigenvalue weighted by atomic mass is 10.4. The summed E-state index contributed by atoms with van der Waals surface area (Å²) in [7, 11) is -1.89. The maximum absolute atomic E-state index is 12.3. The lowest BCUT2D eigenvalue weighted by Gasteiger charge is -2.20. The Labute approximate surface area is 108 Å². The van der Waals surface area contributed by atoms with Crippen LogP contribution in [-0.4, -0.2) is 49.6 Å². The average molecular weight is 273 g/mol. The van der Waals surface area contributed by atoms with Crippen LogP contribution in [0.15, 0.2) is 23.2 Å². The molecule has 0 unspecified atom stereocenters. The first-order chi connectivity index (χ1) is 8.56. The smallest absolute Gasteiger partial charge is 0.243 e. The van der Waals surface area contributed by atoms with Gasteiger partial charge in [-0.15, -0.1) is 0 Å². The van der Waals surface area contributed by atoms with Gasteiger partial charge in [-0.05, 0) is 12.5 Å². The number of hydrogen-bond donors (Lipinski definition) is 2. The van der Waals surface area contributed by atoms with E-state index in [1.165, 1.54) is 22.6 Å². The van der Waals surface area contributed by atoms with E-state index in [4.69, 9.17) is 5.11 Å². The number of rotatable bonds is 7. The van der Waals surface area contributed by atoms with Gasteiger partial charge in [0.05, 0.1) is 11.5 Å². The highest BCUT2D eigenvalue weighted by atomic mass is 32.2. The molecule has 0 bridgehead atoms.